The summed E-state index contributed by atoms with van der Waals surface area (Å²) >= 11 is 0. The molecule has 5 nitrogen and oxygen atoms in total. The highest BCUT2D eigenvalue weighted by Crippen LogP contribution is 2.28. The average molecular weight is 254 g/mol. The van der Waals surface area contributed by atoms with Gasteiger partial charge in [0.1, 0.15) is 0 Å². The number of hydrogen-bond donors (Lipinski definition) is 2. The minimum Gasteiger partial charge on any atom is -0.493 e. The third-order valence-electron chi connectivity index (χ3n) is 2.90. The van der Waals surface area contributed by atoms with Crippen molar-refractivity contribution in [1.82, 2.24) is 10.3 Å². The minimum atomic E-state index is 0.0442. The molecule has 0 spiro atoms. The SMILES string of the molecule is COc1ccnc(CNC(CO)C(C)C)c1OC. The van der Waals surface area contributed by atoms with E-state index in [9.17, 15) is 5.11 Å². The molecule has 1 aromatic rings. The molecule has 0 aliphatic rings. The predicted molar refractivity (Wildman–Crippen MR) is 69.9 cm³/mol. The zero-order valence-corrected chi connectivity index (χ0v) is 11.4. The first-order chi connectivity index (χ1) is 8.63. The maximum atomic E-state index is 9.26. The van der Waals surface area contributed by atoms with Crippen molar-refractivity contribution in [3.8, 4) is 11.5 Å². The van der Waals surface area contributed by atoms with Crippen LogP contribution in [0, 0.1) is 5.92 Å². The van der Waals surface area contributed by atoms with Crippen LogP contribution in [0.15, 0.2) is 12.3 Å². The standard InChI is InChI=1S/C13H22N2O3/c1-9(2)11(8-16)15-7-10-13(18-4)12(17-3)5-6-14-10/h5-6,9,11,15-16H,7-8H2,1-4H3. The van der Waals surface area contributed by atoms with Crippen molar-refractivity contribution in [2.45, 2.75) is 26.4 Å². The number of ether oxygens (including phenoxy) is 2. The molecular formula is C13H22N2O3. The number of aliphatic hydroxyl groups excluding tert-OH is 1. The summed E-state index contributed by atoms with van der Waals surface area (Å²) < 4.78 is 10.5. The first-order valence-electron chi connectivity index (χ1n) is 6.04. The maximum Gasteiger partial charge on any atom is 0.183 e. The van der Waals surface area contributed by atoms with E-state index in [0.717, 1.165) is 5.69 Å². The molecule has 0 fully saturated rings. The van der Waals surface area contributed by atoms with Crippen molar-refractivity contribution >= 4 is 0 Å². The molecule has 1 unspecified atom stereocenters. The minimum absolute atomic E-state index is 0.0442. The van der Waals surface area contributed by atoms with Gasteiger partial charge in [0, 0.05) is 24.8 Å². The van der Waals surface area contributed by atoms with Crippen molar-refractivity contribution in [3.05, 3.63) is 18.0 Å². The number of rotatable bonds is 7. The summed E-state index contributed by atoms with van der Waals surface area (Å²) in [6.45, 7) is 4.75. The highest BCUT2D eigenvalue weighted by Gasteiger charge is 2.15. The third kappa shape index (κ3) is 3.58. The molecule has 0 aromatic carbocycles. The van der Waals surface area contributed by atoms with Gasteiger partial charge in [0.25, 0.3) is 0 Å². The Balaban J connectivity index is 2.78. The fraction of sp³-hybridized carbons (Fsp3) is 0.615. The quantitative estimate of drug-likeness (QED) is 0.765. The summed E-state index contributed by atoms with van der Waals surface area (Å²) in [4.78, 5) is 4.27. The Bertz CT molecular complexity index is 369. The molecular weight excluding hydrogens is 232 g/mol. The van der Waals surface area contributed by atoms with E-state index in [2.05, 4.69) is 24.1 Å². The number of aliphatic hydroxyl groups is 1. The van der Waals surface area contributed by atoms with Gasteiger partial charge in [-0.25, -0.2) is 0 Å². The lowest BCUT2D eigenvalue weighted by molar-refractivity contribution is 0.209. The Morgan fingerprint density at radius 2 is 2.06 bits per heavy atom. The Morgan fingerprint density at radius 3 is 2.56 bits per heavy atom. The van der Waals surface area contributed by atoms with Gasteiger partial charge < -0.3 is 19.9 Å². The molecule has 0 amide bonds. The molecule has 18 heavy (non-hydrogen) atoms. The van der Waals surface area contributed by atoms with Crippen molar-refractivity contribution in [1.29, 1.82) is 0 Å². The van der Waals surface area contributed by atoms with Gasteiger partial charge in [0.05, 0.1) is 26.5 Å². The summed E-state index contributed by atoms with van der Waals surface area (Å²) in [5, 5.41) is 12.5. The van der Waals surface area contributed by atoms with E-state index in [0.29, 0.717) is 24.0 Å². The van der Waals surface area contributed by atoms with Crippen molar-refractivity contribution in [2.24, 2.45) is 5.92 Å². The molecule has 0 aliphatic carbocycles. The monoisotopic (exact) mass is 254 g/mol. The van der Waals surface area contributed by atoms with Gasteiger partial charge in [0.2, 0.25) is 0 Å². The van der Waals surface area contributed by atoms with E-state index < -0.39 is 0 Å². The summed E-state index contributed by atoms with van der Waals surface area (Å²) in [5.74, 6) is 1.65. The van der Waals surface area contributed by atoms with Gasteiger partial charge in [-0.15, -0.1) is 0 Å². The van der Waals surface area contributed by atoms with Gasteiger partial charge in [-0.2, -0.15) is 0 Å². The molecule has 2 N–H and O–H groups in total. The lowest BCUT2D eigenvalue weighted by atomic mass is 10.1. The van der Waals surface area contributed by atoms with Gasteiger partial charge >= 0.3 is 0 Å². The van der Waals surface area contributed by atoms with Crippen LogP contribution >= 0.6 is 0 Å². The Hall–Kier alpha value is -1.33. The van der Waals surface area contributed by atoms with Crippen LogP contribution in [0.25, 0.3) is 0 Å². The largest absolute Gasteiger partial charge is 0.493 e. The molecule has 1 rings (SSSR count). The number of aromatic nitrogens is 1. The normalized spacial score (nSPS) is 12.6. The van der Waals surface area contributed by atoms with Crippen molar-refractivity contribution in [3.63, 3.8) is 0 Å². The summed E-state index contributed by atoms with van der Waals surface area (Å²) in [7, 11) is 3.19. The van der Waals surface area contributed by atoms with Crippen molar-refractivity contribution < 1.29 is 14.6 Å². The lowest BCUT2D eigenvalue weighted by Crippen LogP contribution is -2.36. The number of pyridine rings is 1. The molecule has 0 radical (unpaired) electrons. The summed E-state index contributed by atoms with van der Waals surface area (Å²) in [6, 6.07) is 1.80. The van der Waals surface area contributed by atoms with E-state index in [-0.39, 0.29) is 12.6 Å². The first kappa shape index (κ1) is 14.7. The second-order valence-electron chi connectivity index (χ2n) is 4.41. The molecule has 0 bridgehead atoms. The lowest BCUT2D eigenvalue weighted by Gasteiger charge is -2.20. The van der Waals surface area contributed by atoms with Gasteiger partial charge in [-0.05, 0) is 5.92 Å². The number of nitrogens with zero attached hydrogens (tertiary/aromatic N) is 1. The molecule has 0 aliphatic heterocycles. The molecule has 1 heterocycles. The van der Waals surface area contributed by atoms with Crippen LogP contribution in [0.5, 0.6) is 11.5 Å². The second kappa shape index (κ2) is 7.18. The second-order valence-corrected chi connectivity index (χ2v) is 4.41. The highest BCUT2D eigenvalue weighted by atomic mass is 16.5. The third-order valence-corrected chi connectivity index (χ3v) is 2.90. The smallest absolute Gasteiger partial charge is 0.183 e. The number of nitrogens with one attached hydrogen (secondary N) is 1. The Morgan fingerprint density at radius 1 is 1.33 bits per heavy atom. The Labute approximate surface area is 108 Å². The zero-order chi connectivity index (χ0) is 13.5. The van der Waals surface area contributed by atoms with E-state index in [1.165, 1.54) is 0 Å². The number of hydrogen-bond acceptors (Lipinski definition) is 5. The van der Waals surface area contributed by atoms with Gasteiger partial charge in [-0.1, -0.05) is 13.8 Å². The van der Waals surface area contributed by atoms with E-state index in [1.807, 2.05) is 0 Å². The molecule has 1 atom stereocenters. The molecule has 102 valence electrons. The summed E-state index contributed by atoms with van der Waals surface area (Å²) in [5.41, 5.74) is 0.774. The molecule has 1 aromatic heterocycles. The Kier molecular flexibility index (Phi) is 5.88. The van der Waals surface area contributed by atoms with Crippen LogP contribution in [0.2, 0.25) is 0 Å². The van der Waals surface area contributed by atoms with E-state index in [4.69, 9.17) is 9.47 Å². The van der Waals surface area contributed by atoms with Crippen LogP contribution in [-0.2, 0) is 6.54 Å². The average Bonchev–Trinajstić information content (AvgIpc) is 2.38. The van der Waals surface area contributed by atoms with Crippen molar-refractivity contribution in [2.75, 3.05) is 20.8 Å². The fourth-order valence-corrected chi connectivity index (χ4v) is 1.72. The van der Waals surface area contributed by atoms with Crippen LogP contribution in [0.3, 0.4) is 0 Å². The van der Waals surface area contributed by atoms with E-state index in [1.54, 1.807) is 26.5 Å². The molecule has 0 saturated carbocycles. The summed E-state index contributed by atoms with van der Waals surface area (Å²) in [6.07, 6.45) is 1.68. The predicted octanol–water partition coefficient (Wildman–Crippen LogP) is 1.21. The maximum absolute atomic E-state index is 9.26. The topological polar surface area (TPSA) is 63.6 Å². The molecule has 5 heteroatoms. The van der Waals surface area contributed by atoms with E-state index >= 15 is 0 Å². The van der Waals surface area contributed by atoms with Gasteiger partial charge in [0.15, 0.2) is 11.5 Å². The first-order valence-corrected chi connectivity index (χ1v) is 6.04. The highest BCUT2D eigenvalue weighted by molar-refractivity contribution is 5.42. The van der Waals surface area contributed by atoms with Crippen LogP contribution in [0.1, 0.15) is 19.5 Å². The fourth-order valence-electron chi connectivity index (χ4n) is 1.72. The number of methoxy groups -OCH3 is 2. The van der Waals surface area contributed by atoms with Gasteiger partial charge in [-0.3, -0.25) is 4.98 Å². The van der Waals surface area contributed by atoms with Crippen LogP contribution < -0.4 is 14.8 Å². The zero-order valence-electron chi connectivity index (χ0n) is 11.4. The van der Waals surface area contributed by atoms with Crippen LogP contribution in [-0.4, -0.2) is 37.0 Å². The van der Waals surface area contributed by atoms with Crippen LogP contribution in [0.4, 0.5) is 0 Å². The molecule has 0 saturated heterocycles.